The molecule has 6 N–H and O–H groups in total. The second-order valence-electron chi connectivity index (χ2n) is 12.8. The fraction of sp³-hybridized carbons (Fsp3) is 0.794. The second-order valence-corrected chi connectivity index (χ2v) is 12.8. The first-order chi connectivity index (χ1) is 22.4. The number of amides is 3. The average molecular weight is 668 g/mol. The highest BCUT2D eigenvalue weighted by Crippen LogP contribution is 2.30. The van der Waals surface area contributed by atoms with Crippen molar-refractivity contribution in [2.75, 3.05) is 0 Å². The molecule has 268 valence electrons. The van der Waals surface area contributed by atoms with Crippen LogP contribution in [-0.2, 0) is 33.6 Å². The van der Waals surface area contributed by atoms with E-state index in [9.17, 15) is 43.8 Å². The quantitative estimate of drug-likeness (QED) is 0.0590. The van der Waals surface area contributed by atoms with Crippen LogP contribution < -0.4 is 16.0 Å². The van der Waals surface area contributed by atoms with Crippen molar-refractivity contribution in [3.8, 4) is 0 Å². The molecule has 13 nitrogen and oxygen atoms in total. The fourth-order valence-corrected chi connectivity index (χ4v) is 5.39. The molecule has 47 heavy (non-hydrogen) atoms. The number of hydrogen-bond acceptors (Lipinski definition) is 7. The molecule has 0 unspecified atom stereocenters. The Morgan fingerprint density at radius 1 is 0.511 bits per heavy atom. The molecule has 0 radical (unpaired) electrons. The third-order valence-electron chi connectivity index (χ3n) is 8.42. The van der Waals surface area contributed by atoms with Gasteiger partial charge >= 0.3 is 17.9 Å². The highest BCUT2D eigenvalue weighted by Gasteiger charge is 2.33. The summed E-state index contributed by atoms with van der Waals surface area (Å²) in [6.07, 6.45) is 15.8. The molecule has 1 rings (SSSR count). The Bertz CT molecular complexity index is 1010. The number of unbranched alkanes of at least 4 members (excludes halogenated alkanes) is 13. The molecule has 3 amide bonds. The number of carbonyl (C=O) groups excluding carboxylic acids is 4. The lowest BCUT2D eigenvalue weighted by Gasteiger charge is -2.17. The summed E-state index contributed by atoms with van der Waals surface area (Å²) in [4.78, 5) is 82.6. The molecular formula is C34H57N3O10. The lowest BCUT2D eigenvalue weighted by atomic mass is 10.0. The standard InChI is InChI=1S/C34H57N3O10/c1-24(32(43)25-18-19-25)35-29(39)22-20-27(34(46)47)37-30(40)23-21-26(33(44)45)36-28(38)16-14-12-10-8-6-4-2-3-5-7-9-11-13-15-17-31(41)42/h24-27H,2-23H2,1H3,(H,35,39)(H,36,38)(H,37,40)(H,41,42)(H,44,45)(H,46,47)/t24-,26-,27-/m0/s1. The molecule has 1 saturated carbocycles. The Balaban J connectivity index is 2.14. The van der Waals surface area contributed by atoms with E-state index in [1.807, 2.05) is 0 Å². The van der Waals surface area contributed by atoms with Crippen LogP contribution in [0.25, 0.3) is 0 Å². The summed E-state index contributed by atoms with van der Waals surface area (Å²) in [5, 5.41) is 34.9. The van der Waals surface area contributed by atoms with E-state index in [1.165, 1.54) is 32.1 Å². The minimum atomic E-state index is -1.36. The van der Waals surface area contributed by atoms with E-state index < -0.39 is 53.8 Å². The number of carboxylic acids is 3. The van der Waals surface area contributed by atoms with Gasteiger partial charge < -0.3 is 31.3 Å². The van der Waals surface area contributed by atoms with Crippen molar-refractivity contribution in [3.63, 3.8) is 0 Å². The average Bonchev–Trinajstić information content (AvgIpc) is 3.86. The summed E-state index contributed by atoms with van der Waals surface area (Å²) < 4.78 is 0. The molecule has 13 heteroatoms. The van der Waals surface area contributed by atoms with Crippen molar-refractivity contribution in [1.82, 2.24) is 16.0 Å². The normalized spacial score (nSPS) is 14.4. The van der Waals surface area contributed by atoms with Crippen LogP contribution in [0, 0.1) is 5.92 Å². The zero-order chi connectivity index (χ0) is 35.0. The maximum Gasteiger partial charge on any atom is 0.326 e. The Hall–Kier alpha value is -3.51. The molecule has 0 bridgehead atoms. The molecule has 3 atom stereocenters. The van der Waals surface area contributed by atoms with Gasteiger partial charge in [0.1, 0.15) is 12.1 Å². The van der Waals surface area contributed by atoms with E-state index in [1.54, 1.807) is 6.92 Å². The Morgan fingerprint density at radius 2 is 0.851 bits per heavy atom. The van der Waals surface area contributed by atoms with Gasteiger partial charge in [0.15, 0.2) is 5.78 Å². The highest BCUT2D eigenvalue weighted by molar-refractivity contribution is 5.92. The number of nitrogens with one attached hydrogen (secondary N) is 3. The van der Waals surface area contributed by atoms with Crippen molar-refractivity contribution in [2.45, 2.75) is 166 Å². The van der Waals surface area contributed by atoms with Gasteiger partial charge in [-0.05, 0) is 45.4 Å². The molecule has 0 aromatic heterocycles. The number of ketones is 1. The minimum Gasteiger partial charge on any atom is -0.481 e. The van der Waals surface area contributed by atoms with Crippen LogP contribution in [0.15, 0.2) is 0 Å². The van der Waals surface area contributed by atoms with Crippen molar-refractivity contribution in [1.29, 1.82) is 0 Å². The summed E-state index contributed by atoms with van der Waals surface area (Å²) >= 11 is 0. The van der Waals surface area contributed by atoms with Gasteiger partial charge in [0, 0.05) is 31.6 Å². The van der Waals surface area contributed by atoms with Crippen LogP contribution in [0.4, 0.5) is 0 Å². The van der Waals surface area contributed by atoms with Gasteiger partial charge in [0.25, 0.3) is 0 Å². The fourth-order valence-electron chi connectivity index (χ4n) is 5.39. The number of hydrogen-bond donors (Lipinski definition) is 6. The van der Waals surface area contributed by atoms with E-state index in [0.29, 0.717) is 6.42 Å². The summed E-state index contributed by atoms with van der Waals surface area (Å²) in [5.74, 6) is -5.04. The second kappa shape index (κ2) is 24.6. The van der Waals surface area contributed by atoms with Crippen LogP contribution in [-0.4, -0.2) is 74.9 Å². The zero-order valence-corrected chi connectivity index (χ0v) is 28.1. The predicted molar refractivity (Wildman–Crippen MR) is 174 cm³/mol. The van der Waals surface area contributed by atoms with Gasteiger partial charge in [0.2, 0.25) is 17.7 Å². The largest absolute Gasteiger partial charge is 0.481 e. The number of carbonyl (C=O) groups is 7. The van der Waals surface area contributed by atoms with Crippen LogP contribution in [0.2, 0.25) is 0 Å². The molecular weight excluding hydrogens is 610 g/mol. The van der Waals surface area contributed by atoms with Crippen molar-refractivity contribution in [3.05, 3.63) is 0 Å². The highest BCUT2D eigenvalue weighted by atomic mass is 16.4. The van der Waals surface area contributed by atoms with Crippen molar-refractivity contribution < 1.29 is 48.9 Å². The first kappa shape index (κ1) is 41.5. The SMILES string of the molecule is C[C@H](NC(=O)CC[C@H](NC(=O)CC[C@H](NC(=O)CCCCCCCCCCCCCCCCC(=O)O)C(=O)O)C(=O)O)C(=O)C1CC1. The van der Waals surface area contributed by atoms with Crippen LogP contribution in [0.3, 0.4) is 0 Å². The minimum absolute atomic E-state index is 0.0233. The summed E-state index contributed by atoms with van der Waals surface area (Å²) in [6.45, 7) is 1.58. The van der Waals surface area contributed by atoms with Gasteiger partial charge in [-0.15, -0.1) is 0 Å². The lowest BCUT2D eigenvalue weighted by Crippen LogP contribution is -2.44. The first-order valence-corrected chi connectivity index (χ1v) is 17.5. The Labute approximate surface area is 278 Å². The van der Waals surface area contributed by atoms with E-state index >= 15 is 0 Å². The van der Waals surface area contributed by atoms with Crippen LogP contribution in [0.1, 0.15) is 148 Å². The number of rotatable bonds is 30. The topological polar surface area (TPSA) is 216 Å². The summed E-state index contributed by atoms with van der Waals surface area (Å²) in [7, 11) is 0. The Morgan fingerprint density at radius 3 is 1.21 bits per heavy atom. The zero-order valence-electron chi connectivity index (χ0n) is 28.1. The van der Waals surface area contributed by atoms with Gasteiger partial charge in [-0.1, -0.05) is 77.0 Å². The summed E-state index contributed by atoms with van der Waals surface area (Å²) in [5.41, 5.74) is 0. The smallest absolute Gasteiger partial charge is 0.326 e. The predicted octanol–water partition coefficient (Wildman–Crippen LogP) is 4.50. The first-order valence-electron chi connectivity index (χ1n) is 17.5. The third kappa shape index (κ3) is 21.8. The molecule has 1 aliphatic rings. The van der Waals surface area contributed by atoms with E-state index in [0.717, 1.165) is 64.2 Å². The monoisotopic (exact) mass is 667 g/mol. The molecule has 1 aliphatic carbocycles. The maximum absolute atomic E-state index is 12.4. The molecule has 0 heterocycles. The third-order valence-corrected chi connectivity index (χ3v) is 8.42. The van der Waals surface area contributed by atoms with E-state index in [4.69, 9.17) is 5.11 Å². The van der Waals surface area contributed by atoms with Gasteiger partial charge in [0.05, 0.1) is 6.04 Å². The lowest BCUT2D eigenvalue weighted by molar-refractivity contribution is -0.143. The number of Topliss-reactive ketones (excluding diaryl/α,β-unsaturated/α-hetero) is 1. The summed E-state index contributed by atoms with van der Waals surface area (Å²) in [6, 6.07) is -3.31. The van der Waals surface area contributed by atoms with Crippen molar-refractivity contribution >= 4 is 41.4 Å². The maximum atomic E-state index is 12.4. The molecule has 0 aromatic carbocycles. The molecule has 0 saturated heterocycles. The molecule has 0 aromatic rings. The number of carboxylic acid groups (broad SMARTS) is 3. The molecule has 0 spiro atoms. The van der Waals surface area contributed by atoms with Gasteiger partial charge in [-0.25, -0.2) is 9.59 Å². The van der Waals surface area contributed by atoms with Gasteiger partial charge in [-0.2, -0.15) is 0 Å². The molecule has 1 fully saturated rings. The Kier molecular flexibility index (Phi) is 21.8. The van der Waals surface area contributed by atoms with Crippen LogP contribution in [0.5, 0.6) is 0 Å². The number of aliphatic carboxylic acids is 3. The molecule has 0 aliphatic heterocycles. The van der Waals surface area contributed by atoms with Crippen molar-refractivity contribution in [2.24, 2.45) is 5.92 Å². The van der Waals surface area contributed by atoms with E-state index in [-0.39, 0.29) is 50.2 Å². The van der Waals surface area contributed by atoms with Crippen LogP contribution >= 0.6 is 0 Å². The van der Waals surface area contributed by atoms with E-state index in [2.05, 4.69) is 16.0 Å². The van der Waals surface area contributed by atoms with Gasteiger partial charge in [-0.3, -0.25) is 24.0 Å².